The molecule has 1 aromatic rings. The monoisotopic (exact) mass is 327 g/mol. The number of rotatable bonds is 4. The average molecular weight is 327 g/mol. The topological polar surface area (TPSA) is 62.3 Å². The van der Waals surface area contributed by atoms with Crippen LogP contribution in [-0.4, -0.2) is 34.8 Å². The second-order valence-electron chi connectivity index (χ2n) is 7.65. The van der Waals surface area contributed by atoms with Gasteiger partial charge in [0.15, 0.2) is 0 Å². The van der Waals surface area contributed by atoms with Crippen LogP contribution in [0.25, 0.3) is 0 Å². The van der Waals surface area contributed by atoms with Crippen LogP contribution in [0.5, 0.6) is 0 Å². The van der Waals surface area contributed by atoms with Crippen molar-refractivity contribution in [1.82, 2.24) is 15.2 Å². The molecule has 1 spiro atoms. The molecule has 1 atom stereocenters. The van der Waals surface area contributed by atoms with Gasteiger partial charge < -0.3 is 10.2 Å². The van der Waals surface area contributed by atoms with Gasteiger partial charge in [-0.05, 0) is 37.8 Å². The Morgan fingerprint density at radius 2 is 2.08 bits per heavy atom. The van der Waals surface area contributed by atoms with Crippen molar-refractivity contribution >= 4 is 11.8 Å². The van der Waals surface area contributed by atoms with Crippen LogP contribution in [-0.2, 0) is 16.1 Å². The number of hydrogen-bond acceptors (Lipinski definition) is 3. The van der Waals surface area contributed by atoms with Crippen LogP contribution in [0, 0.1) is 17.3 Å². The first-order valence-electron chi connectivity index (χ1n) is 9.14. The van der Waals surface area contributed by atoms with Crippen LogP contribution in [0.2, 0.25) is 0 Å². The molecule has 0 aromatic carbocycles. The summed E-state index contributed by atoms with van der Waals surface area (Å²) in [6.45, 7) is 1.84. The van der Waals surface area contributed by atoms with Gasteiger partial charge in [0.25, 0.3) is 0 Å². The highest BCUT2D eigenvalue weighted by Crippen LogP contribution is 2.52. The van der Waals surface area contributed by atoms with Crippen molar-refractivity contribution in [3.63, 3.8) is 0 Å². The number of carbonyl (C=O) groups is 2. The number of carbonyl (C=O) groups excluding carboxylic acids is 2. The molecule has 128 valence electrons. The molecule has 5 nitrogen and oxygen atoms in total. The van der Waals surface area contributed by atoms with Gasteiger partial charge in [-0.15, -0.1) is 0 Å². The molecule has 0 radical (unpaired) electrons. The zero-order valence-electron chi connectivity index (χ0n) is 14.0. The minimum absolute atomic E-state index is 0.0353. The highest BCUT2D eigenvalue weighted by atomic mass is 16.2. The molecule has 3 fully saturated rings. The molecular formula is C19H25N3O2. The van der Waals surface area contributed by atoms with E-state index in [2.05, 4.69) is 10.3 Å². The molecule has 2 aliphatic carbocycles. The minimum Gasteiger partial charge on any atom is -0.350 e. The maximum absolute atomic E-state index is 12.8. The van der Waals surface area contributed by atoms with Gasteiger partial charge in [0.05, 0.1) is 18.2 Å². The van der Waals surface area contributed by atoms with Gasteiger partial charge in [0.2, 0.25) is 11.8 Å². The molecule has 3 aliphatic rings. The SMILES string of the molecule is O=C(NCc1ccccn1)C1CN(C(=O)C2CCC2)CC12CCC2. The molecule has 2 heterocycles. The van der Waals surface area contributed by atoms with Crippen molar-refractivity contribution < 1.29 is 9.59 Å². The van der Waals surface area contributed by atoms with Crippen molar-refractivity contribution in [3.8, 4) is 0 Å². The molecular weight excluding hydrogens is 302 g/mol. The third kappa shape index (κ3) is 2.70. The van der Waals surface area contributed by atoms with E-state index in [-0.39, 0.29) is 29.1 Å². The Morgan fingerprint density at radius 1 is 1.25 bits per heavy atom. The van der Waals surface area contributed by atoms with Gasteiger partial charge in [0.1, 0.15) is 0 Å². The predicted octanol–water partition coefficient (Wildman–Crippen LogP) is 2.13. The first-order valence-corrected chi connectivity index (χ1v) is 9.14. The standard InChI is InChI=1S/C19H25N3O2/c23-17(21-11-15-7-1-2-10-20-15)16-12-22(13-19(16)8-4-9-19)18(24)14-5-3-6-14/h1-2,7,10,14,16H,3-6,8-9,11-13H2,(H,21,23). The zero-order chi connectivity index (χ0) is 16.6. The van der Waals surface area contributed by atoms with Crippen molar-refractivity contribution in [2.75, 3.05) is 13.1 Å². The lowest BCUT2D eigenvalue weighted by atomic mass is 9.62. The first-order chi connectivity index (χ1) is 11.7. The predicted molar refractivity (Wildman–Crippen MR) is 89.8 cm³/mol. The number of aromatic nitrogens is 1. The number of nitrogens with one attached hydrogen (secondary N) is 1. The molecule has 0 bridgehead atoms. The minimum atomic E-state index is -0.0565. The van der Waals surface area contributed by atoms with Gasteiger partial charge in [0, 0.05) is 30.6 Å². The van der Waals surface area contributed by atoms with Gasteiger partial charge >= 0.3 is 0 Å². The smallest absolute Gasteiger partial charge is 0.225 e. The summed E-state index contributed by atoms with van der Waals surface area (Å²) in [4.78, 5) is 31.6. The van der Waals surface area contributed by atoms with Gasteiger partial charge in [-0.3, -0.25) is 14.6 Å². The second kappa shape index (κ2) is 6.19. The highest BCUT2D eigenvalue weighted by molar-refractivity contribution is 5.84. The fourth-order valence-corrected chi connectivity index (χ4v) is 4.35. The van der Waals surface area contributed by atoms with Gasteiger partial charge in [-0.2, -0.15) is 0 Å². The van der Waals surface area contributed by atoms with Crippen LogP contribution in [0.4, 0.5) is 0 Å². The summed E-state index contributed by atoms with van der Waals surface area (Å²) >= 11 is 0. The number of pyridine rings is 1. The zero-order valence-corrected chi connectivity index (χ0v) is 14.0. The van der Waals surface area contributed by atoms with E-state index in [1.54, 1.807) is 6.20 Å². The Balaban J connectivity index is 1.41. The van der Waals surface area contributed by atoms with Gasteiger partial charge in [-0.1, -0.05) is 18.9 Å². The maximum Gasteiger partial charge on any atom is 0.225 e. The molecule has 5 heteroatoms. The highest BCUT2D eigenvalue weighted by Gasteiger charge is 2.54. The maximum atomic E-state index is 12.8. The number of hydrogen-bond donors (Lipinski definition) is 1. The van der Waals surface area contributed by atoms with Gasteiger partial charge in [-0.25, -0.2) is 0 Å². The summed E-state index contributed by atoms with van der Waals surface area (Å²) in [5.74, 6) is 0.535. The Kier molecular flexibility index (Phi) is 4.02. The Hall–Kier alpha value is -1.91. The molecule has 4 rings (SSSR count). The van der Waals surface area contributed by atoms with Crippen LogP contribution >= 0.6 is 0 Å². The summed E-state index contributed by atoms with van der Waals surface area (Å²) in [6, 6.07) is 5.71. The third-order valence-corrected chi connectivity index (χ3v) is 6.25. The molecule has 1 aliphatic heterocycles. The van der Waals surface area contributed by atoms with Crippen LogP contribution in [0.3, 0.4) is 0 Å². The fraction of sp³-hybridized carbons (Fsp3) is 0.632. The van der Waals surface area contributed by atoms with Crippen LogP contribution < -0.4 is 5.32 Å². The van der Waals surface area contributed by atoms with Crippen molar-refractivity contribution in [3.05, 3.63) is 30.1 Å². The van der Waals surface area contributed by atoms with Crippen molar-refractivity contribution in [2.24, 2.45) is 17.3 Å². The third-order valence-electron chi connectivity index (χ3n) is 6.25. The molecule has 2 saturated carbocycles. The average Bonchev–Trinajstić information content (AvgIpc) is 2.93. The lowest BCUT2D eigenvalue weighted by Gasteiger charge is -2.42. The molecule has 1 N–H and O–H groups in total. The fourth-order valence-electron chi connectivity index (χ4n) is 4.35. The summed E-state index contributed by atoms with van der Waals surface area (Å²) in [7, 11) is 0. The largest absolute Gasteiger partial charge is 0.350 e. The summed E-state index contributed by atoms with van der Waals surface area (Å²) in [6.07, 6.45) is 8.28. The van der Waals surface area contributed by atoms with E-state index < -0.39 is 0 Å². The molecule has 1 unspecified atom stereocenters. The normalized spacial score (nSPS) is 25.2. The van der Waals surface area contributed by atoms with Crippen LogP contribution in [0.1, 0.15) is 44.2 Å². The van der Waals surface area contributed by atoms with E-state index in [1.165, 1.54) is 12.8 Å². The van der Waals surface area contributed by atoms with E-state index in [9.17, 15) is 9.59 Å². The lowest BCUT2D eigenvalue weighted by Crippen LogP contribution is -2.45. The number of amides is 2. The second-order valence-corrected chi connectivity index (χ2v) is 7.65. The van der Waals surface area contributed by atoms with E-state index in [4.69, 9.17) is 0 Å². The molecule has 1 aromatic heterocycles. The Morgan fingerprint density at radius 3 is 2.67 bits per heavy atom. The Labute approximate surface area is 142 Å². The van der Waals surface area contributed by atoms with Crippen molar-refractivity contribution in [1.29, 1.82) is 0 Å². The molecule has 24 heavy (non-hydrogen) atoms. The Bertz CT molecular complexity index is 623. The summed E-state index contributed by atoms with van der Waals surface area (Å²) in [5.41, 5.74) is 0.905. The summed E-state index contributed by atoms with van der Waals surface area (Å²) in [5, 5.41) is 3.04. The molecule has 1 saturated heterocycles. The van der Waals surface area contributed by atoms with E-state index in [1.807, 2.05) is 23.1 Å². The van der Waals surface area contributed by atoms with E-state index in [0.717, 1.165) is 37.9 Å². The van der Waals surface area contributed by atoms with Crippen molar-refractivity contribution in [2.45, 2.75) is 45.1 Å². The lowest BCUT2D eigenvalue weighted by molar-refractivity contribution is -0.137. The number of nitrogens with zero attached hydrogens (tertiary/aromatic N) is 2. The van der Waals surface area contributed by atoms with E-state index in [0.29, 0.717) is 13.1 Å². The quantitative estimate of drug-likeness (QED) is 0.921. The first kappa shape index (κ1) is 15.6. The summed E-state index contributed by atoms with van der Waals surface area (Å²) < 4.78 is 0. The molecule has 2 amide bonds. The van der Waals surface area contributed by atoms with E-state index >= 15 is 0 Å². The van der Waals surface area contributed by atoms with Crippen LogP contribution in [0.15, 0.2) is 24.4 Å². The number of likely N-dealkylation sites (tertiary alicyclic amines) is 1.